The molecular formula is C14H14N2OS. The van der Waals surface area contributed by atoms with Crippen molar-refractivity contribution in [3.05, 3.63) is 35.3 Å². The molecule has 0 saturated heterocycles. The molecule has 1 heterocycles. The summed E-state index contributed by atoms with van der Waals surface area (Å²) in [6.45, 7) is 4.01. The number of rotatable bonds is 4. The highest BCUT2D eigenvalue weighted by Gasteiger charge is 2.05. The largest absolute Gasteiger partial charge is 0.491 e. The summed E-state index contributed by atoms with van der Waals surface area (Å²) < 4.78 is 5.59. The molecule has 4 heteroatoms. The van der Waals surface area contributed by atoms with E-state index in [1.807, 2.05) is 43.5 Å². The Morgan fingerprint density at radius 3 is 2.67 bits per heavy atom. The van der Waals surface area contributed by atoms with E-state index in [0.717, 1.165) is 22.0 Å². The first-order valence-corrected chi connectivity index (χ1v) is 6.65. The first kappa shape index (κ1) is 12.6. The standard InChI is InChI=1S/C14H14N2OS/c1-10(2)17-13-5-3-11(4-6-13)14-16-12(7-8-15)9-18-14/h3-6,9-10H,7H2,1-2H3. The van der Waals surface area contributed by atoms with E-state index in [-0.39, 0.29) is 6.10 Å². The molecule has 0 atom stereocenters. The Hall–Kier alpha value is -1.86. The number of hydrogen-bond donors (Lipinski definition) is 0. The molecule has 2 aromatic rings. The van der Waals surface area contributed by atoms with Gasteiger partial charge in [0, 0.05) is 10.9 Å². The number of aromatic nitrogens is 1. The normalized spacial score (nSPS) is 10.3. The molecule has 0 amide bonds. The van der Waals surface area contributed by atoms with E-state index in [1.165, 1.54) is 0 Å². The van der Waals surface area contributed by atoms with Crippen molar-refractivity contribution in [1.29, 1.82) is 5.26 Å². The Balaban J connectivity index is 2.15. The van der Waals surface area contributed by atoms with Gasteiger partial charge in [-0.15, -0.1) is 11.3 Å². The second-order valence-electron chi connectivity index (χ2n) is 4.17. The molecule has 0 aliphatic heterocycles. The molecular weight excluding hydrogens is 244 g/mol. The lowest BCUT2D eigenvalue weighted by molar-refractivity contribution is 0.242. The minimum Gasteiger partial charge on any atom is -0.491 e. The third kappa shape index (κ3) is 3.08. The van der Waals surface area contributed by atoms with Crippen LogP contribution in [0.2, 0.25) is 0 Å². The zero-order valence-corrected chi connectivity index (χ0v) is 11.2. The second kappa shape index (κ2) is 5.65. The predicted octanol–water partition coefficient (Wildman–Crippen LogP) is 3.66. The molecule has 0 unspecified atom stereocenters. The molecule has 92 valence electrons. The van der Waals surface area contributed by atoms with Gasteiger partial charge >= 0.3 is 0 Å². The van der Waals surface area contributed by atoms with E-state index in [2.05, 4.69) is 11.1 Å². The first-order valence-electron chi connectivity index (χ1n) is 5.77. The SMILES string of the molecule is CC(C)Oc1ccc(-c2nc(CC#N)cs2)cc1. The maximum Gasteiger partial charge on any atom is 0.123 e. The zero-order valence-electron chi connectivity index (χ0n) is 10.4. The molecule has 0 radical (unpaired) electrons. The van der Waals surface area contributed by atoms with Crippen LogP contribution in [0.15, 0.2) is 29.6 Å². The number of ether oxygens (including phenoxy) is 1. The molecule has 0 spiro atoms. The summed E-state index contributed by atoms with van der Waals surface area (Å²) in [6.07, 6.45) is 0.545. The maximum atomic E-state index is 8.62. The van der Waals surface area contributed by atoms with Crippen molar-refractivity contribution in [2.24, 2.45) is 0 Å². The average Bonchev–Trinajstić information content (AvgIpc) is 2.78. The second-order valence-corrected chi connectivity index (χ2v) is 5.03. The number of nitriles is 1. The van der Waals surface area contributed by atoms with E-state index in [1.54, 1.807) is 11.3 Å². The highest BCUT2D eigenvalue weighted by atomic mass is 32.1. The maximum absolute atomic E-state index is 8.62. The molecule has 0 fully saturated rings. The van der Waals surface area contributed by atoms with Crippen molar-refractivity contribution in [2.45, 2.75) is 26.4 Å². The van der Waals surface area contributed by atoms with Crippen LogP contribution in [0.5, 0.6) is 5.75 Å². The van der Waals surface area contributed by atoms with Gasteiger partial charge in [0.1, 0.15) is 10.8 Å². The number of benzene rings is 1. The van der Waals surface area contributed by atoms with Gasteiger partial charge in [0.2, 0.25) is 0 Å². The molecule has 0 N–H and O–H groups in total. The molecule has 0 saturated carbocycles. The van der Waals surface area contributed by atoms with Crippen LogP contribution < -0.4 is 4.74 Å². The lowest BCUT2D eigenvalue weighted by Crippen LogP contribution is -2.05. The van der Waals surface area contributed by atoms with Crippen LogP contribution in [0.25, 0.3) is 10.6 Å². The Kier molecular flexibility index (Phi) is 3.96. The van der Waals surface area contributed by atoms with E-state index >= 15 is 0 Å². The molecule has 0 bridgehead atoms. The van der Waals surface area contributed by atoms with Gasteiger partial charge in [0.05, 0.1) is 24.3 Å². The molecule has 1 aromatic heterocycles. The van der Waals surface area contributed by atoms with Gasteiger partial charge in [-0.3, -0.25) is 0 Å². The Morgan fingerprint density at radius 1 is 1.33 bits per heavy atom. The smallest absolute Gasteiger partial charge is 0.123 e. The molecule has 3 nitrogen and oxygen atoms in total. The van der Waals surface area contributed by atoms with Gasteiger partial charge in [-0.2, -0.15) is 5.26 Å². The first-order chi connectivity index (χ1) is 8.69. The van der Waals surface area contributed by atoms with E-state index in [9.17, 15) is 0 Å². The quantitative estimate of drug-likeness (QED) is 0.840. The molecule has 1 aromatic carbocycles. The third-order valence-corrected chi connectivity index (χ3v) is 3.23. The van der Waals surface area contributed by atoms with Gasteiger partial charge in [0.25, 0.3) is 0 Å². The zero-order chi connectivity index (χ0) is 13.0. The fourth-order valence-corrected chi connectivity index (χ4v) is 2.38. The summed E-state index contributed by atoms with van der Waals surface area (Å²) in [6, 6.07) is 9.98. The van der Waals surface area contributed by atoms with Crippen LogP contribution in [-0.4, -0.2) is 11.1 Å². The molecule has 0 aliphatic carbocycles. The summed E-state index contributed by atoms with van der Waals surface area (Å²) in [5.74, 6) is 0.863. The lowest BCUT2D eigenvalue weighted by atomic mass is 10.2. The number of nitrogens with zero attached hydrogens (tertiary/aromatic N) is 2. The molecule has 18 heavy (non-hydrogen) atoms. The Morgan fingerprint density at radius 2 is 2.06 bits per heavy atom. The van der Waals surface area contributed by atoms with Crippen molar-refractivity contribution in [1.82, 2.24) is 4.98 Å². The van der Waals surface area contributed by atoms with Crippen molar-refractivity contribution in [2.75, 3.05) is 0 Å². The van der Waals surface area contributed by atoms with Crippen molar-refractivity contribution in [3.8, 4) is 22.4 Å². The van der Waals surface area contributed by atoms with Crippen LogP contribution in [0, 0.1) is 11.3 Å². The molecule has 0 aliphatic rings. The van der Waals surface area contributed by atoms with Crippen LogP contribution in [0.4, 0.5) is 0 Å². The van der Waals surface area contributed by atoms with Gasteiger partial charge in [-0.05, 0) is 38.1 Å². The van der Waals surface area contributed by atoms with Crippen LogP contribution >= 0.6 is 11.3 Å². The third-order valence-electron chi connectivity index (χ3n) is 2.28. The summed E-state index contributed by atoms with van der Waals surface area (Å²) in [5, 5.41) is 11.5. The Labute approximate surface area is 111 Å². The topological polar surface area (TPSA) is 45.9 Å². The fourth-order valence-electron chi connectivity index (χ4n) is 1.55. The van der Waals surface area contributed by atoms with E-state index in [4.69, 9.17) is 10.00 Å². The van der Waals surface area contributed by atoms with E-state index in [0.29, 0.717) is 6.42 Å². The minimum absolute atomic E-state index is 0.179. The molecule has 2 rings (SSSR count). The Bertz CT molecular complexity index is 552. The summed E-state index contributed by atoms with van der Waals surface area (Å²) >= 11 is 1.56. The fraction of sp³-hybridized carbons (Fsp3) is 0.286. The number of hydrogen-bond acceptors (Lipinski definition) is 4. The van der Waals surface area contributed by atoms with Gasteiger partial charge in [-0.1, -0.05) is 0 Å². The highest BCUT2D eigenvalue weighted by molar-refractivity contribution is 7.13. The van der Waals surface area contributed by atoms with Gasteiger partial charge in [0.15, 0.2) is 0 Å². The van der Waals surface area contributed by atoms with Crippen molar-refractivity contribution >= 4 is 11.3 Å². The summed E-state index contributed by atoms with van der Waals surface area (Å²) in [4.78, 5) is 4.42. The van der Waals surface area contributed by atoms with Crippen molar-refractivity contribution < 1.29 is 4.74 Å². The van der Waals surface area contributed by atoms with E-state index < -0.39 is 0 Å². The average molecular weight is 258 g/mol. The van der Waals surface area contributed by atoms with Crippen LogP contribution in [-0.2, 0) is 6.42 Å². The summed E-state index contributed by atoms with van der Waals surface area (Å²) in [5.41, 5.74) is 1.89. The monoisotopic (exact) mass is 258 g/mol. The summed E-state index contributed by atoms with van der Waals surface area (Å²) in [7, 11) is 0. The predicted molar refractivity (Wildman–Crippen MR) is 72.6 cm³/mol. The van der Waals surface area contributed by atoms with Crippen molar-refractivity contribution in [3.63, 3.8) is 0 Å². The van der Waals surface area contributed by atoms with Crippen LogP contribution in [0.3, 0.4) is 0 Å². The number of thiazole rings is 1. The highest BCUT2D eigenvalue weighted by Crippen LogP contribution is 2.26. The minimum atomic E-state index is 0.179. The lowest BCUT2D eigenvalue weighted by Gasteiger charge is -2.09. The van der Waals surface area contributed by atoms with Crippen LogP contribution in [0.1, 0.15) is 19.5 Å². The van der Waals surface area contributed by atoms with Gasteiger partial charge < -0.3 is 4.74 Å². The van der Waals surface area contributed by atoms with Gasteiger partial charge in [-0.25, -0.2) is 4.98 Å².